The average Bonchev–Trinajstić information content (AvgIpc) is 2.97. The van der Waals surface area contributed by atoms with Gasteiger partial charge in [-0.1, -0.05) is 33.0 Å². The van der Waals surface area contributed by atoms with Crippen LogP contribution in [-0.2, 0) is 4.79 Å². The van der Waals surface area contributed by atoms with Crippen LogP contribution in [0.3, 0.4) is 0 Å². The summed E-state index contributed by atoms with van der Waals surface area (Å²) >= 11 is 4.96. The summed E-state index contributed by atoms with van der Waals surface area (Å²) in [5, 5.41) is 0. The van der Waals surface area contributed by atoms with Crippen molar-refractivity contribution in [1.29, 1.82) is 0 Å². The molecule has 1 fully saturated rings. The summed E-state index contributed by atoms with van der Waals surface area (Å²) < 4.78 is 0. The molecule has 0 spiro atoms. The van der Waals surface area contributed by atoms with E-state index < -0.39 is 0 Å². The highest BCUT2D eigenvalue weighted by atomic mass is 32.1. The van der Waals surface area contributed by atoms with Crippen LogP contribution in [0.25, 0.3) is 0 Å². The Morgan fingerprint density at radius 1 is 1.50 bits per heavy atom. The summed E-state index contributed by atoms with van der Waals surface area (Å²) in [4.78, 5) is 14.6. The lowest BCUT2D eigenvalue weighted by Gasteiger charge is -2.28. The normalized spacial score (nSPS) is 17.2. The number of nitrogens with zero attached hydrogens (tertiary/aromatic N) is 1. The maximum Gasteiger partial charge on any atom is 0.232 e. The van der Waals surface area contributed by atoms with E-state index in [1.54, 1.807) is 0 Å². The van der Waals surface area contributed by atoms with Gasteiger partial charge < -0.3 is 10.6 Å². The minimum Gasteiger partial charge on any atom is -0.393 e. The topological polar surface area (TPSA) is 46.3 Å². The van der Waals surface area contributed by atoms with E-state index in [1.165, 1.54) is 0 Å². The number of thiocarbonyl (C=S) groups is 1. The highest BCUT2D eigenvalue weighted by Crippen LogP contribution is 2.29. The molecule has 0 aliphatic heterocycles. The molecule has 1 aliphatic carbocycles. The molecule has 0 saturated heterocycles. The van der Waals surface area contributed by atoms with Crippen LogP contribution >= 0.6 is 12.2 Å². The second-order valence-corrected chi connectivity index (χ2v) is 5.45. The number of hydrogen-bond acceptors (Lipinski definition) is 2. The zero-order chi connectivity index (χ0) is 12.3. The first-order chi connectivity index (χ1) is 7.47. The zero-order valence-electron chi connectivity index (χ0n) is 10.4. The summed E-state index contributed by atoms with van der Waals surface area (Å²) in [7, 11) is 0. The van der Waals surface area contributed by atoms with Crippen LogP contribution in [0.2, 0.25) is 0 Å². The molecular formula is C12H22N2OS. The molecule has 0 aromatic heterocycles. The Balaban J connectivity index is 2.69. The van der Waals surface area contributed by atoms with Gasteiger partial charge in [-0.25, -0.2) is 0 Å². The minimum atomic E-state index is -0.269. The van der Waals surface area contributed by atoms with Crippen molar-refractivity contribution in [1.82, 2.24) is 4.90 Å². The van der Waals surface area contributed by atoms with Crippen molar-refractivity contribution >= 4 is 23.1 Å². The van der Waals surface area contributed by atoms with E-state index in [1.807, 2.05) is 11.8 Å². The van der Waals surface area contributed by atoms with Gasteiger partial charge in [0.2, 0.25) is 5.91 Å². The summed E-state index contributed by atoms with van der Waals surface area (Å²) in [6.07, 6.45) is 2.97. The van der Waals surface area contributed by atoms with Gasteiger partial charge in [-0.15, -0.1) is 0 Å². The second kappa shape index (κ2) is 5.62. The van der Waals surface area contributed by atoms with Crippen LogP contribution in [0.4, 0.5) is 0 Å². The molecule has 0 heterocycles. The standard InChI is InChI=1S/C12H22N2OS/c1-4-10(11(13)16)12(15)14(7-8(2)3)9-5-6-9/h8-10H,4-7H2,1-3H3,(H2,13,16). The van der Waals surface area contributed by atoms with Gasteiger partial charge in [0.05, 0.1) is 10.9 Å². The number of amides is 1. The van der Waals surface area contributed by atoms with Gasteiger partial charge in [-0.05, 0) is 25.2 Å². The largest absolute Gasteiger partial charge is 0.393 e. The predicted molar refractivity (Wildman–Crippen MR) is 70.1 cm³/mol. The Bertz CT molecular complexity index is 274. The fourth-order valence-corrected chi connectivity index (χ4v) is 2.16. The van der Waals surface area contributed by atoms with Crippen LogP contribution < -0.4 is 5.73 Å². The number of carbonyl (C=O) groups is 1. The molecule has 4 heteroatoms. The molecule has 0 aromatic carbocycles. The summed E-state index contributed by atoms with van der Waals surface area (Å²) in [5.74, 6) is 0.356. The molecule has 0 bridgehead atoms. The monoisotopic (exact) mass is 242 g/mol. The van der Waals surface area contributed by atoms with E-state index in [9.17, 15) is 4.79 Å². The maximum atomic E-state index is 12.3. The SMILES string of the molecule is CCC(C(=O)N(CC(C)C)C1CC1)C(N)=S. The lowest BCUT2D eigenvalue weighted by molar-refractivity contribution is -0.134. The minimum absolute atomic E-state index is 0.131. The van der Waals surface area contributed by atoms with Crippen LogP contribution in [0, 0.1) is 11.8 Å². The predicted octanol–water partition coefficient (Wildman–Crippen LogP) is 1.95. The van der Waals surface area contributed by atoms with E-state index in [4.69, 9.17) is 18.0 Å². The molecule has 1 amide bonds. The van der Waals surface area contributed by atoms with Gasteiger partial charge in [0.15, 0.2) is 0 Å². The lowest BCUT2D eigenvalue weighted by atomic mass is 10.0. The Labute approximate surface area is 103 Å². The quantitative estimate of drug-likeness (QED) is 0.724. The van der Waals surface area contributed by atoms with Gasteiger partial charge in [-0.3, -0.25) is 4.79 Å². The van der Waals surface area contributed by atoms with E-state index in [-0.39, 0.29) is 11.8 Å². The van der Waals surface area contributed by atoms with Gasteiger partial charge in [-0.2, -0.15) is 0 Å². The van der Waals surface area contributed by atoms with Crippen molar-refractivity contribution in [3.8, 4) is 0 Å². The first-order valence-electron chi connectivity index (χ1n) is 6.07. The molecule has 3 nitrogen and oxygen atoms in total. The molecule has 1 rings (SSSR count). The van der Waals surface area contributed by atoms with Gasteiger partial charge in [0.1, 0.15) is 0 Å². The summed E-state index contributed by atoms with van der Waals surface area (Å²) in [6, 6.07) is 0.443. The first-order valence-corrected chi connectivity index (χ1v) is 6.48. The third kappa shape index (κ3) is 3.44. The number of rotatable bonds is 6. The van der Waals surface area contributed by atoms with E-state index >= 15 is 0 Å². The van der Waals surface area contributed by atoms with Crippen LogP contribution in [0.15, 0.2) is 0 Å². The van der Waals surface area contributed by atoms with E-state index in [0.29, 0.717) is 23.4 Å². The third-order valence-electron chi connectivity index (χ3n) is 2.88. The fraction of sp³-hybridized carbons (Fsp3) is 0.833. The molecule has 92 valence electrons. The first kappa shape index (κ1) is 13.4. The van der Waals surface area contributed by atoms with E-state index in [0.717, 1.165) is 19.4 Å². The van der Waals surface area contributed by atoms with Gasteiger partial charge in [0.25, 0.3) is 0 Å². The summed E-state index contributed by atoms with van der Waals surface area (Å²) in [5.41, 5.74) is 5.62. The van der Waals surface area contributed by atoms with Gasteiger partial charge >= 0.3 is 0 Å². The molecule has 1 saturated carbocycles. The molecule has 0 aromatic rings. The van der Waals surface area contributed by atoms with Crippen LogP contribution in [0.5, 0.6) is 0 Å². The Morgan fingerprint density at radius 2 is 2.06 bits per heavy atom. The van der Waals surface area contributed by atoms with Gasteiger partial charge in [0, 0.05) is 12.6 Å². The Morgan fingerprint density at radius 3 is 2.38 bits per heavy atom. The lowest BCUT2D eigenvalue weighted by Crippen LogP contribution is -2.43. The molecule has 1 aliphatic rings. The Kier molecular flexibility index (Phi) is 4.71. The van der Waals surface area contributed by atoms with Crippen LogP contribution in [-0.4, -0.2) is 28.4 Å². The molecule has 1 unspecified atom stereocenters. The molecule has 16 heavy (non-hydrogen) atoms. The van der Waals surface area contributed by atoms with Crippen molar-refractivity contribution < 1.29 is 4.79 Å². The number of hydrogen-bond donors (Lipinski definition) is 1. The second-order valence-electron chi connectivity index (χ2n) is 4.98. The number of nitrogens with two attached hydrogens (primary N) is 1. The molecule has 0 radical (unpaired) electrons. The van der Waals surface area contributed by atoms with Crippen molar-refractivity contribution in [2.75, 3.05) is 6.54 Å². The summed E-state index contributed by atoms with van der Waals surface area (Å²) in [6.45, 7) is 7.04. The molecular weight excluding hydrogens is 220 g/mol. The maximum absolute atomic E-state index is 12.3. The molecule has 1 atom stereocenters. The zero-order valence-corrected chi connectivity index (χ0v) is 11.2. The Hall–Kier alpha value is -0.640. The molecule has 2 N–H and O–H groups in total. The smallest absolute Gasteiger partial charge is 0.232 e. The highest BCUT2D eigenvalue weighted by molar-refractivity contribution is 7.80. The average molecular weight is 242 g/mol. The van der Waals surface area contributed by atoms with Crippen molar-refractivity contribution in [2.24, 2.45) is 17.6 Å². The van der Waals surface area contributed by atoms with Crippen molar-refractivity contribution in [3.63, 3.8) is 0 Å². The van der Waals surface area contributed by atoms with Crippen molar-refractivity contribution in [2.45, 2.75) is 46.1 Å². The van der Waals surface area contributed by atoms with E-state index in [2.05, 4.69) is 13.8 Å². The highest BCUT2D eigenvalue weighted by Gasteiger charge is 2.36. The fourth-order valence-electron chi connectivity index (χ4n) is 1.90. The van der Waals surface area contributed by atoms with Crippen LogP contribution in [0.1, 0.15) is 40.0 Å². The number of carbonyl (C=O) groups excluding carboxylic acids is 1. The third-order valence-corrected chi connectivity index (χ3v) is 3.17. The van der Waals surface area contributed by atoms with Crippen molar-refractivity contribution in [3.05, 3.63) is 0 Å².